The minimum absolute atomic E-state index is 0.107. The Labute approximate surface area is 185 Å². The molecule has 0 atom stereocenters. The van der Waals surface area contributed by atoms with E-state index in [0.29, 0.717) is 34.2 Å². The molecule has 1 N–H and O–H groups in total. The number of halogens is 1. The summed E-state index contributed by atoms with van der Waals surface area (Å²) in [5.41, 5.74) is 1.97. The minimum atomic E-state index is -0.245. The predicted molar refractivity (Wildman–Crippen MR) is 123 cm³/mol. The van der Waals surface area contributed by atoms with E-state index in [0.717, 1.165) is 12.1 Å². The summed E-state index contributed by atoms with van der Waals surface area (Å²) in [6.45, 7) is 1.83. The number of likely N-dealkylation sites (N-methyl/N-ethyl adjacent to an activating group) is 1. The van der Waals surface area contributed by atoms with E-state index in [1.54, 1.807) is 24.3 Å². The lowest BCUT2D eigenvalue weighted by atomic mass is 10.1. The highest BCUT2D eigenvalue weighted by Crippen LogP contribution is 2.25. The summed E-state index contributed by atoms with van der Waals surface area (Å²) in [4.78, 5) is 30.1. The maximum atomic E-state index is 13.3. The van der Waals surface area contributed by atoms with Crippen LogP contribution in [0.1, 0.15) is 25.6 Å². The number of rotatable bonds is 8. The third-order valence-corrected chi connectivity index (χ3v) is 5.73. The number of carbonyl (C=O) groups excluding carboxylic acids is 2. The van der Waals surface area contributed by atoms with Crippen LogP contribution in [0.25, 0.3) is 0 Å². The molecular formula is C23H24ClN3O2S. The van der Waals surface area contributed by atoms with Crippen molar-refractivity contribution in [1.29, 1.82) is 0 Å². The fraction of sp³-hybridized carbons (Fsp3) is 0.217. The van der Waals surface area contributed by atoms with Crippen molar-refractivity contribution in [2.45, 2.75) is 6.54 Å². The van der Waals surface area contributed by atoms with Crippen molar-refractivity contribution in [1.82, 2.24) is 9.80 Å². The van der Waals surface area contributed by atoms with Gasteiger partial charge in [-0.25, -0.2) is 0 Å². The number of anilines is 1. The minimum Gasteiger partial charge on any atom is -0.333 e. The fourth-order valence-corrected chi connectivity index (χ4v) is 3.69. The zero-order valence-electron chi connectivity index (χ0n) is 17.0. The van der Waals surface area contributed by atoms with Gasteiger partial charge in [0.1, 0.15) is 0 Å². The molecule has 0 aliphatic carbocycles. The van der Waals surface area contributed by atoms with E-state index in [9.17, 15) is 9.59 Å². The van der Waals surface area contributed by atoms with Gasteiger partial charge in [0.15, 0.2) is 0 Å². The summed E-state index contributed by atoms with van der Waals surface area (Å²) >= 11 is 7.62. The summed E-state index contributed by atoms with van der Waals surface area (Å²) in [6.07, 6.45) is 0. The fourth-order valence-electron chi connectivity index (χ4n) is 2.91. The zero-order chi connectivity index (χ0) is 21.5. The van der Waals surface area contributed by atoms with Gasteiger partial charge >= 0.3 is 0 Å². The van der Waals surface area contributed by atoms with E-state index in [1.165, 1.54) is 11.3 Å². The molecule has 0 unspecified atom stereocenters. The van der Waals surface area contributed by atoms with Crippen LogP contribution in [0.2, 0.25) is 5.02 Å². The molecule has 2 amide bonds. The van der Waals surface area contributed by atoms with Crippen molar-refractivity contribution in [3.63, 3.8) is 0 Å². The molecule has 0 saturated carbocycles. The smallest absolute Gasteiger partial charge is 0.265 e. The number of nitrogens with zero attached hydrogens (tertiary/aromatic N) is 2. The summed E-state index contributed by atoms with van der Waals surface area (Å²) in [5.74, 6) is -0.353. The van der Waals surface area contributed by atoms with Crippen LogP contribution in [0.15, 0.2) is 66.0 Å². The SMILES string of the molecule is CN(C)CCN(Cc1ccccc1)C(=O)c1ccc(Cl)c(NC(=O)c2cccs2)c1. The van der Waals surface area contributed by atoms with Crippen molar-refractivity contribution in [2.75, 3.05) is 32.5 Å². The first-order valence-electron chi connectivity index (χ1n) is 9.56. The van der Waals surface area contributed by atoms with Gasteiger partial charge in [0.2, 0.25) is 0 Å². The highest BCUT2D eigenvalue weighted by atomic mass is 35.5. The van der Waals surface area contributed by atoms with Crippen LogP contribution in [-0.2, 0) is 6.54 Å². The van der Waals surface area contributed by atoms with E-state index in [4.69, 9.17) is 11.6 Å². The highest BCUT2D eigenvalue weighted by Gasteiger charge is 2.19. The second-order valence-electron chi connectivity index (χ2n) is 7.14. The summed E-state index contributed by atoms with van der Waals surface area (Å²) in [7, 11) is 3.96. The van der Waals surface area contributed by atoms with Gasteiger partial charge in [-0.05, 0) is 49.3 Å². The van der Waals surface area contributed by atoms with Crippen LogP contribution in [0.3, 0.4) is 0 Å². The predicted octanol–water partition coefficient (Wildman–Crippen LogP) is 4.86. The number of hydrogen-bond acceptors (Lipinski definition) is 4. The third-order valence-electron chi connectivity index (χ3n) is 4.53. The monoisotopic (exact) mass is 441 g/mol. The Morgan fingerprint density at radius 2 is 1.77 bits per heavy atom. The molecule has 5 nitrogen and oxygen atoms in total. The Hall–Kier alpha value is -2.67. The summed E-state index contributed by atoms with van der Waals surface area (Å²) in [5, 5.41) is 5.03. The van der Waals surface area contributed by atoms with Gasteiger partial charge in [0.25, 0.3) is 11.8 Å². The van der Waals surface area contributed by atoms with Crippen molar-refractivity contribution >= 4 is 40.4 Å². The lowest BCUT2D eigenvalue weighted by Gasteiger charge is -2.25. The number of benzene rings is 2. The van der Waals surface area contributed by atoms with Gasteiger partial charge in [-0.2, -0.15) is 0 Å². The first-order valence-corrected chi connectivity index (χ1v) is 10.8. The molecule has 0 saturated heterocycles. The summed E-state index contributed by atoms with van der Waals surface area (Å²) < 4.78 is 0. The second kappa shape index (κ2) is 10.4. The number of nitrogens with one attached hydrogen (secondary N) is 1. The number of amides is 2. The molecule has 1 heterocycles. The van der Waals surface area contributed by atoms with Crippen molar-refractivity contribution in [2.24, 2.45) is 0 Å². The maximum Gasteiger partial charge on any atom is 0.265 e. The molecule has 0 radical (unpaired) electrons. The van der Waals surface area contributed by atoms with E-state index in [2.05, 4.69) is 5.32 Å². The molecule has 156 valence electrons. The Morgan fingerprint density at radius 3 is 2.43 bits per heavy atom. The molecule has 3 aromatic rings. The van der Waals surface area contributed by atoms with Crippen LogP contribution in [0.4, 0.5) is 5.69 Å². The van der Waals surface area contributed by atoms with E-state index < -0.39 is 0 Å². The van der Waals surface area contributed by atoms with Gasteiger partial charge in [-0.1, -0.05) is 48.0 Å². The van der Waals surface area contributed by atoms with Gasteiger partial charge in [0, 0.05) is 25.2 Å². The Kier molecular flexibility index (Phi) is 7.63. The van der Waals surface area contributed by atoms with Crippen molar-refractivity contribution in [3.05, 3.63) is 87.1 Å². The molecule has 7 heteroatoms. The number of carbonyl (C=O) groups is 2. The Bertz CT molecular complexity index is 991. The molecule has 3 rings (SSSR count). The van der Waals surface area contributed by atoms with E-state index in [-0.39, 0.29) is 11.8 Å². The molecule has 2 aromatic carbocycles. The first kappa shape index (κ1) is 22.0. The highest BCUT2D eigenvalue weighted by molar-refractivity contribution is 7.12. The molecule has 0 aliphatic rings. The second-order valence-corrected chi connectivity index (χ2v) is 8.50. The normalized spacial score (nSPS) is 10.8. The Balaban J connectivity index is 1.81. The quantitative estimate of drug-likeness (QED) is 0.543. The Morgan fingerprint density at radius 1 is 1.00 bits per heavy atom. The largest absolute Gasteiger partial charge is 0.333 e. The lowest BCUT2D eigenvalue weighted by Crippen LogP contribution is -2.36. The standard InChI is InChI=1S/C23H24ClN3O2S/c1-26(2)12-13-27(16-17-7-4-3-5-8-17)23(29)18-10-11-19(24)20(15-18)25-22(28)21-9-6-14-30-21/h3-11,14-15H,12-13,16H2,1-2H3,(H,25,28). The van der Waals surface area contributed by atoms with Crippen LogP contribution in [-0.4, -0.2) is 48.8 Å². The van der Waals surface area contributed by atoms with Crippen LogP contribution in [0.5, 0.6) is 0 Å². The molecule has 0 spiro atoms. The summed E-state index contributed by atoms with van der Waals surface area (Å²) in [6, 6.07) is 18.4. The van der Waals surface area contributed by atoms with E-state index in [1.807, 2.05) is 65.7 Å². The maximum absolute atomic E-state index is 13.3. The lowest BCUT2D eigenvalue weighted by molar-refractivity contribution is 0.0731. The first-order chi connectivity index (χ1) is 14.4. The molecule has 0 fully saturated rings. The van der Waals surface area contributed by atoms with Gasteiger partial charge in [0.05, 0.1) is 15.6 Å². The molecule has 1 aromatic heterocycles. The van der Waals surface area contributed by atoms with Gasteiger partial charge in [-0.3, -0.25) is 9.59 Å². The molecule has 30 heavy (non-hydrogen) atoms. The zero-order valence-corrected chi connectivity index (χ0v) is 18.5. The van der Waals surface area contributed by atoms with Crippen molar-refractivity contribution in [3.8, 4) is 0 Å². The van der Waals surface area contributed by atoms with Crippen LogP contribution in [0, 0.1) is 0 Å². The van der Waals surface area contributed by atoms with Gasteiger partial charge < -0.3 is 15.1 Å². The topological polar surface area (TPSA) is 52.6 Å². The molecule has 0 bridgehead atoms. The number of hydrogen-bond donors (Lipinski definition) is 1. The van der Waals surface area contributed by atoms with Crippen molar-refractivity contribution < 1.29 is 9.59 Å². The average Bonchev–Trinajstić information content (AvgIpc) is 3.28. The average molecular weight is 442 g/mol. The van der Waals surface area contributed by atoms with E-state index >= 15 is 0 Å². The molecule has 0 aliphatic heterocycles. The third kappa shape index (κ3) is 5.92. The van der Waals surface area contributed by atoms with Crippen LogP contribution >= 0.6 is 22.9 Å². The van der Waals surface area contributed by atoms with Crippen LogP contribution < -0.4 is 5.32 Å². The van der Waals surface area contributed by atoms with Gasteiger partial charge in [-0.15, -0.1) is 11.3 Å². The number of thiophene rings is 1. The molecular weight excluding hydrogens is 418 g/mol.